The average molecular weight is 260 g/mol. The van der Waals surface area contributed by atoms with Crippen molar-refractivity contribution in [3.63, 3.8) is 0 Å². The third-order valence-corrected chi connectivity index (χ3v) is 4.29. The Morgan fingerprint density at radius 2 is 1.84 bits per heavy atom. The smallest absolute Gasteiger partial charge is 0.0354 e. The third-order valence-electron chi connectivity index (χ3n) is 4.29. The Morgan fingerprint density at radius 3 is 2.47 bits per heavy atom. The Hall–Kier alpha value is -0.860. The molecule has 0 bridgehead atoms. The summed E-state index contributed by atoms with van der Waals surface area (Å²) in [6.45, 7) is 13.8. The van der Waals surface area contributed by atoms with Crippen molar-refractivity contribution in [2.75, 3.05) is 26.2 Å². The van der Waals surface area contributed by atoms with Crippen LogP contribution in [0.2, 0.25) is 0 Å². The Labute approximate surface area is 118 Å². The third kappa shape index (κ3) is 3.58. The second kappa shape index (κ2) is 6.53. The summed E-state index contributed by atoms with van der Waals surface area (Å²) in [6, 6.07) is 7.36. The maximum Gasteiger partial charge on any atom is 0.0354 e. The number of piperazine rings is 1. The standard InChI is InChI=1S/C17H28N2/c1-13(2)12-17(19-10-8-18-9-11-19)16-7-5-6-14(3)15(16)4/h5-7,13,17-18H,8-12H2,1-4H3/t17-/m1/s1. The number of benzene rings is 1. The van der Waals surface area contributed by atoms with E-state index >= 15 is 0 Å². The van der Waals surface area contributed by atoms with E-state index in [2.05, 4.69) is 56.1 Å². The normalized spacial score (nSPS) is 18.8. The number of nitrogens with one attached hydrogen (secondary N) is 1. The molecule has 0 amide bonds. The van der Waals surface area contributed by atoms with E-state index in [4.69, 9.17) is 0 Å². The minimum absolute atomic E-state index is 0.585. The van der Waals surface area contributed by atoms with Crippen LogP contribution in [0.15, 0.2) is 18.2 Å². The molecule has 1 atom stereocenters. The van der Waals surface area contributed by atoms with Crippen LogP contribution in [-0.2, 0) is 0 Å². The predicted molar refractivity (Wildman–Crippen MR) is 82.6 cm³/mol. The van der Waals surface area contributed by atoms with Gasteiger partial charge in [0.15, 0.2) is 0 Å². The Balaban J connectivity index is 2.27. The van der Waals surface area contributed by atoms with Crippen LogP contribution in [0.5, 0.6) is 0 Å². The van der Waals surface area contributed by atoms with Crippen molar-refractivity contribution in [2.24, 2.45) is 5.92 Å². The van der Waals surface area contributed by atoms with Gasteiger partial charge in [0.2, 0.25) is 0 Å². The maximum absolute atomic E-state index is 3.46. The molecule has 1 fully saturated rings. The van der Waals surface area contributed by atoms with E-state index in [-0.39, 0.29) is 0 Å². The van der Waals surface area contributed by atoms with Gasteiger partial charge in [-0.2, -0.15) is 0 Å². The molecule has 0 unspecified atom stereocenters. The van der Waals surface area contributed by atoms with Gasteiger partial charge in [0.05, 0.1) is 0 Å². The van der Waals surface area contributed by atoms with E-state index < -0.39 is 0 Å². The van der Waals surface area contributed by atoms with Gasteiger partial charge in [-0.25, -0.2) is 0 Å². The molecule has 0 radical (unpaired) electrons. The zero-order valence-corrected chi connectivity index (χ0v) is 12.9. The van der Waals surface area contributed by atoms with E-state index in [1.165, 1.54) is 36.2 Å². The lowest BCUT2D eigenvalue weighted by molar-refractivity contribution is 0.153. The van der Waals surface area contributed by atoms with Gasteiger partial charge >= 0.3 is 0 Å². The molecule has 0 saturated carbocycles. The molecular formula is C17H28N2. The largest absolute Gasteiger partial charge is 0.314 e. The monoisotopic (exact) mass is 260 g/mol. The summed E-state index contributed by atoms with van der Waals surface area (Å²) < 4.78 is 0. The summed E-state index contributed by atoms with van der Waals surface area (Å²) in [5.41, 5.74) is 4.43. The van der Waals surface area contributed by atoms with Gasteiger partial charge in [0.25, 0.3) is 0 Å². The zero-order chi connectivity index (χ0) is 13.8. The van der Waals surface area contributed by atoms with Gasteiger partial charge in [-0.15, -0.1) is 0 Å². The first-order valence-corrected chi connectivity index (χ1v) is 7.60. The topological polar surface area (TPSA) is 15.3 Å². The van der Waals surface area contributed by atoms with Gasteiger partial charge in [0, 0.05) is 32.2 Å². The summed E-state index contributed by atoms with van der Waals surface area (Å²) in [5.74, 6) is 0.736. The van der Waals surface area contributed by atoms with Crippen molar-refractivity contribution in [3.05, 3.63) is 34.9 Å². The molecule has 0 aliphatic carbocycles. The number of nitrogens with zero attached hydrogens (tertiary/aromatic N) is 1. The minimum Gasteiger partial charge on any atom is -0.314 e. The molecule has 1 aromatic carbocycles. The van der Waals surface area contributed by atoms with E-state index in [1.54, 1.807) is 0 Å². The van der Waals surface area contributed by atoms with Crippen molar-refractivity contribution in [1.29, 1.82) is 0 Å². The summed E-state index contributed by atoms with van der Waals surface area (Å²) in [4.78, 5) is 2.66. The summed E-state index contributed by atoms with van der Waals surface area (Å²) in [6.07, 6.45) is 1.25. The van der Waals surface area contributed by atoms with Gasteiger partial charge in [-0.05, 0) is 42.9 Å². The van der Waals surface area contributed by atoms with Crippen molar-refractivity contribution >= 4 is 0 Å². The molecule has 1 aliphatic rings. The quantitative estimate of drug-likeness (QED) is 0.893. The lowest BCUT2D eigenvalue weighted by Crippen LogP contribution is -2.45. The second-order valence-corrected chi connectivity index (χ2v) is 6.22. The highest BCUT2D eigenvalue weighted by Gasteiger charge is 2.24. The van der Waals surface area contributed by atoms with E-state index in [9.17, 15) is 0 Å². The molecule has 106 valence electrons. The van der Waals surface area contributed by atoms with Gasteiger partial charge in [-0.1, -0.05) is 32.0 Å². The number of hydrogen-bond donors (Lipinski definition) is 1. The molecule has 2 heteroatoms. The molecule has 2 nitrogen and oxygen atoms in total. The highest BCUT2D eigenvalue weighted by atomic mass is 15.2. The number of hydrogen-bond acceptors (Lipinski definition) is 2. The van der Waals surface area contributed by atoms with Crippen LogP contribution in [0, 0.1) is 19.8 Å². The van der Waals surface area contributed by atoms with Crippen molar-refractivity contribution in [2.45, 2.75) is 40.2 Å². The van der Waals surface area contributed by atoms with Crippen LogP contribution < -0.4 is 5.32 Å². The fourth-order valence-corrected chi connectivity index (χ4v) is 3.05. The van der Waals surface area contributed by atoms with Gasteiger partial charge in [0.1, 0.15) is 0 Å². The minimum atomic E-state index is 0.585. The van der Waals surface area contributed by atoms with Crippen LogP contribution in [0.1, 0.15) is 43.0 Å². The first-order valence-electron chi connectivity index (χ1n) is 7.60. The summed E-state index contributed by atoms with van der Waals surface area (Å²) in [7, 11) is 0. The van der Waals surface area contributed by atoms with Crippen molar-refractivity contribution in [1.82, 2.24) is 10.2 Å². The molecule has 0 spiro atoms. The average Bonchev–Trinajstić information content (AvgIpc) is 2.40. The summed E-state index contributed by atoms with van der Waals surface area (Å²) >= 11 is 0. The first-order chi connectivity index (χ1) is 9.09. The van der Waals surface area contributed by atoms with Crippen LogP contribution >= 0.6 is 0 Å². The molecule has 1 N–H and O–H groups in total. The molecule has 1 aromatic rings. The lowest BCUT2D eigenvalue weighted by atomic mass is 9.90. The number of aryl methyl sites for hydroxylation is 1. The molecule has 0 aromatic heterocycles. The van der Waals surface area contributed by atoms with E-state index in [0.717, 1.165) is 19.0 Å². The molecule has 2 rings (SSSR count). The predicted octanol–water partition coefficient (Wildman–Crippen LogP) is 3.30. The molecule has 19 heavy (non-hydrogen) atoms. The Bertz CT molecular complexity index is 406. The summed E-state index contributed by atoms with van der Waals surface area (Å²) in [5, 5.41) is 3.46. The Kier molecular flexibility index (Phi) is 5.00. The molecule has 1 saturated heterocycles. The molecule has 1 aliphatic heterocycles. The van der Waals surface area contributed by atoms with Crippen LogP contribution in [-0.4, -0.2) is 31.1 Å². The Morgan fingerprint density at radius 1 is 1.16 bits per heavy atom. The molecule has 1 heterocycles. The van der Waals surface area contributed by atoms with Crippen LogP contribution in [0.4, 0.5) is 0 Å². The maximum atomic E-state index is 3.46. The van der Waals surface area contributed by atoms with Crippen LogP contribution in [0.3, 0.4) is 0 Å². The van der Waals surface area contributed by atoms with Gasteiger partial charge in [-0.3, -0.25) is 4.90 Å². The second-order valence-electron chi connectivity index (χ2n) is 6.22. The fraction of sp³-hybridized carbons (Fsp3) is 0.647. The zero-order valence-electron chi connectivity index (χ0n) is 12.9. The highest BCUT2D eigenvalue weighted by molar-refractivity contribution is 5.35. The first kappa shape index (κ1) is 14.5. The van der Waals surface area contributed by atoms with E-state index in [1.807, 2.05) is 0 Å². The molecular weight excluding hydrogens is 232 g/mol. The number of rotatable bonds is 4. The highest BCUT2D eigenvalue weighted by Crippen LogP contribution is 2.31. The van der Waals surface area contributed by atoms with E-state index in [0.29, 0.717) is 6.04 Å². The van der Waals surface area contributed by atoms with Crippen molar-refractivity contribution in [3.8, 4) is 0 Å². The lowest BCUT2D eigenvalue weighted by Gasteiger charge is -2.37. The SMILES string of the molecule is Cc1cccc([C@@H](CC(C)C)N2CCNCC2)c1C. The van der Waals surface area contributed by atoms with Crippen LogP contribution in [0.25, 0.3) is 0 Å². The van der Waals surface area contributed by atoms with Gasteiger partial charge < -0.3 is 5.32 Å². The van der Waals surface area contributed by atoms with Crippen molar-refractivity contribution < 1.29 is 0 Å². The fourth-order valence-electron chi connectivity index (χ4n) is 3.05.